The summed E-state index contributed by atoms with van der Waals surface area (Å²) in [6.45, 7) is 4.72. The van der Waals surface area contributed by atoms with Crippen molar-refractivity contribution in [3.8, 4) is 0 Å². The van der Waals surface area contributed by atoms with Gasteiger partial charge in [0, 0.05) is 18.3 Å². The number of carbonyl (C=O) groups is 1. The third kappa shape index (κ3) is 4.23. The summed E-state index contributed by atoms with van der Waals surface area (Å²) in [7, 11) is 2.15. The molecule has 2 rings (SSSR count). The van der Waals surface area contributed by atoms with E-state index in [1.807, 2.05) is 31.2 Å². The Morgan fingerprint density at radius 2 is 2.15 bits per heavy atom. The molecule has 1 aliphatic rings. The zero-order valence-electron chi connectivity index (χ0n) is 12.4. The van der Waals surface area contributed by atoms with Crippen LogP contribution < -0.4 is 5.32 Å². The van der Waals surface area contributed by atoms with E-state index in [0.717, 1.165) is 18.7 Å². The number of likely N-dealkylation sites (tertiary alicyclic amines) is 1. The van der Waals surface area contributed by atoms with Gasteiger partial charge in [0.2, 0.25) is 0 Å². The molecule has 1 aromatic rings. The van der Waals surface area contributed by atoms with Crippen LogP contribution in [0.25, 0.3) is 0 Å². The lowest BCUT2D eigenvalue weighted by molar-refractivity contribution is 0.0505. The van der Waals surface area contributed by atoms with Gasteiger partial charge in [0.15, 0.2) is 0 Å². The first-order valence-corrected chi connectivity index (χ1v) is 7.41. The molecule has 0 amide bonds. The maximum atomic E-state index is 11.7. The Kier molecular flexibility index (Phi) is 5.41. The second-order valence-corrected chi connectivity index (χ2v) is 5.46. The number of rotatable bonds is 5. The van der Waals surface area contributed by atoms with Crippen molar-refractivity contribution in [2.75, 3.05) is 32.1 Å². The van der Waals surface area contributed by atoms with E-state index in [-0.39, 0.29) is 5.97 Å². The minimum atomic E-state index is -0.240. The number of likely N-dealkylation sites (N-methyl/N-ethyl adjacent to an activating group) is 1. The van der Waals surface area contributed by atoms with Crippen molar-refractivity contribution in [1.29, 1.82) is 0 Å². The lowest BCUT2D eigenvalue weighted by atomic mass is 10.1. The predicted octanol–water partition coefficient (Wildman–Crippen LogP) is 2.76. The van der Waals surface area contributed by atoms with Crippen molar-refractivity contribution in [2.45, 2.75) is 32.2 Å². The third-order valence-electron chi connectivity index (χ3n) is 3.55. The number of esters is 1. The van der Waals surface area contributed by atoms with Crippen LogP contribution >= 0.6 is 0 Å². The predicted molar refractivity (Wildman–Crippen MR) is 81.2 cm³/mol. The van der Waals surface area contributed by atoms with Gasteiger partial charge in [-0.1, -0.05) is 6.92 Å². The Bertz CT molecular complexity index is 431. The molecule has 0 aliphatic carbocycles. The van der Waals surface area contributed by atoms with E-state index < -0.39 is 0 Å². The lowest BCUT2D eigenvalue weighted by Crippen LogP contribution is -2.39. The molecule has 0 radical (unpaired) electrons. The van der Waals surface area contributed by atoms with Crippen LogP contribution in [0.3, 0.4) is 0 Å². The van der Waals surface area contributed by atoms with Crippen molar-refractivity contribution in [3.05, 3.63) is 29.8 Å². The summed E-state index contributed by atoms with van der Waals surface area (Å²) in [5.74, 6) is -0.240. The quantitative estimate of drug-likeness (QED) is 0.840. The van der Waals surface area contributed by atoms with E-state index in [0.29, 0.717) is 18.2 Å². The number of nitrogens with zero attached hydrogens (tertiary/aromatic N) is 1. The molecular formula is C16H24N2O2. The average Bonchev–Trinajstić information content (AvgIpc) is 2.45. The molecule has 1 N–H and O–H groups in total. The molecule has 1 fully saturated rings. The van der Waals surface area contributed by atoms with Crippen molar-refractivity contribution >= 4 is 11.7 Å². The maximum Gasteiger partial charge on any atom is 0.338 e. The molecule has 1 heterocycles. The third-order valence-corrected chi connectivity index (χ3v) is 3.55. The largest absolute Gasteiger partial charge is 0.462 e. The fraction of sp³-hybridized carbons (Fsp3) is 0.562. The van der Waals surface area contributed by atoms with Gasteiger partial charge in [-0.3, -0.25) is 0 Å². The summed E-state index contributed by atoms with van der Waals surface area (Å²) in [5.41, 5.74) is 1.68. The molecule has 20 heavy (non-hydrogen) atoms. The molecular weight excluding hydrogens is 252 g/mol. The number of nitrogens with one attached hydrogen (secondary N) is 1. The fourth-order valence-corrected chi connectivity index (χ4v) is 2.50. The van der Waals surface area contributed by atoms with E-state index >= 15 is 0 Å². The zero-order chi connectivity index (χ0) is 14.4. The molecule has 1 unspecified atom stereocenters. The van der Waals surface area contributed by atoms with E-state index in [2.05, 4.69) is 17.3 Å². The number of ether oxygens (including phenoxy) is 1. The van der Waals surface area contributed by atoms with Crippen molar-refractivity contribution in [3.63, 3.8) is 0 Å². The highest BCUT2D eigenvalue weighted by Gasteiger charge is 2.16. The summed E-state index contributed by atoms with van der Waals surface area (Å²) in [5, 5.41) is 3.53. The topological polar surface area (TPSA) is 41.6 Å². The molecule has 1 saturated heterocycles. The van der Waals surface area contributed by atoms with Crippen LogP contribution in [0.15, 0.2) is 24.3 Å². The van der Waals surface area contributed by atoms with E-state index in [1.165, 1.54) is 19.4 Å². The highest BCUT2D eigenvalue weighted by Crippen LogP contribution is 2.16. The van der Waals surface area contributed by atoms with Crippen LogP contribution in [0, 0.1) is 0 Å². The molecule has 4 heteroatoms. The second-order valence-electron chi connectivity index (χ2n) is 5.46. The van der Waals surface area contributed by atoms with Crippen LogP contribution in [0.4, 0.5) is 5.69 Å². The summed E-state index contributed by atoms with van der Waals surface area (Å²) in [6, 6.07) is 8.06. The van der Waals surface area contributed by atoms with E-state index in [4.69, 9.17) is 4.74 Å². The molecule has 0 bridgehead atoms. The Morgan fingerprint density at radius 3 is 2.80 bits per heavy atom. The van der Waals surface area contributed by atoms with E-state index in [1.54, 1.807) is 0 Å². The highest BCUT2D eigenvalue weighted by atomic mass is 16.5. The Balaban J connectivity index is 1.89. The monoisotopic (exact) mass is 276 g/mol. The van der Waals surface area contributed by atoms with Crippen molar-refractivity contribution < 1.29 is 9.53 Å². The Labute approximate surface area is 121 Å². The molecule has 1 atom stereocenters. The normalized spacial score (nSPS) is 19.6. The zero-order valence-corrected chi connectivity index (χ0v) is 12.4. The second kappa shape index (κ2) is 7.29. The number of hydrogen-bond donors (Lipinski definition) is 1. The summed E-state index contributed by atoms with van der Waals surface area (Å²) >= 11 is 0. The van der Waals surface area contributed by atoms with Crippen LogP contribution in [-0.2, 0) is 4.74 Å². The summed E-state index contributed by atoms with van der Waals surface area (Å²) < 4.78 is 5.12. The van der Waals surface area contributed by atoms with Crippen molar-refractivity contribution in [2.24, 2.45) is 0 Å². The summed E-state index contributed by atoms with van der Waals surface area (Å²) in [6.07, 6.45) is 3.28. The van der Waals surface area contributed by atoms with E-state index in [9.17, 15) is 4.79 Å². The maximum absolute atomic E-state index is 11.7. The number of anilines is 1. The first kappa shape index (κ1) is 14.9. The smallest absolute Gasteiger partial charge is 0.338 e. The number of piperidine rings is 1. The molecule has 0 saturated carbocycles. The highest BCUT2D eigenvalue weighted by molar-refractivity contribution is 5.89. The van der Waals surface area contributed by atoms with Crippen LogP contribution in [0.2, 0.25) is 0 Å². The lowest BCUT2D eigenvalue weighted by Gasteiger charge is -2.30. The minimum absolute atomic E-state index is 0.240. The van der Waals surface area contributed by atoms with Gasteiger partial charge in [-0.05, 0) is 57.1 Å². The summed E-state index contributed by atoms with van der Waals surface area (Å²) in [4.78, 5) is 14.0. The van der Waals surface area contributed by atoms with Crippen LogP contribution in [-0.4, -0.2) is 43.7 Å². The van der Waals surface area contributed by atoms with Gasteiger partial charge in [0.1, 0.15) is 0 Å². The fourth-order valence-electron chi connectivity index (χ4n) is 2.50. The van der Waals surface area contributed by atoms with Gasteiger partial charge >= 0.3 is 5.97 Å². The molecule has 4 nitrogen and oxygen atoms in total. The Hall–Kier alpha value is -1.55. The van der Waals surface area contributed by atoms with Crippen LogP contribution in [0.5, 0.6) is 0 Å². The van der Waals surface area contributed by atoms with Gasteiger partial charge in [-0.2, -0.15) is 0 Å². The molecule has 0 spiro atoms. The first-order chi connectivity index (χ1) is 9.69. The molecule has 0 aromatic heterocycles. The van der Waals surface area contributed by atoms with Crippen molar-refractivity contribution in [1.82, 2.24) is 4.90 Å². The standard InChI is InChI=1S/C16H24N2O2/c1-3-11-20-16(19)13-6-8-14(9-7-13)17-15-5-4-10-18(2)12-15/h6-9,15,17H,3-5,10-12H2,1-2H3. The van der Waals surface area contributed by atoms with Gasteiger partial charge in [0.25, 0.3) is 0 Å². The number of hydrogen-bond acceptors (Lipinski definition) is 4. The first-order valence-electron chi connectivity index (χ1n) is 7.41. The minimum Gasteiger partial charge on any atom is -0.462 e. The number of carbonyl (C=O) groups excluding carboxylic acids is 1. The number of benzene rings is 1. The average molecular weight is 276 g/mol. The molecule has 1 aromatic carbocycles. The SMILES string of the molecule is CCCOC(=O)c1ccc(NC2CCCN(C)C2)cc1. The van der Waals surface area contributed by atoms with Gasteiger partial charge < -0.3 is 15.0 Å². The van der Waals surface area contributed by atoms with Gasteiger partial charge in [-0.25, -0.2) is 4.79 Å². The van der Waals surface area contributed by atoms with Crippen LogP contribution in [0.1, 0.15) is 36.5 Å². The molecule has 110 valence electrons. The molecule has 1 aliphatic heterocycles. The van der Waals surface area contributed by atoms with Gasteiger partial charge in [-0.15, -0.1) is 0 Å². The Morgan fingerprint density at radius 1 is 1.40 bits per heavy atom. The van der Waals surface area contributed by atoms with Gasteiger partial charge in [0.05, 0.1) is 12.2 Å².